The zero-order valence-corrected chi connectivity index (χ0v) is 14.5. The van der Waals surface area contributed by atoms with Crippen LogP contribution in [0.5, 0.6) is 0 Å². The third-order valence-corrected chi connectivity index (χ3v) is 5.52. The van der Waals surface area contributed by atoms with E-state index in [0.29, 0.717) is 12.0 Å². The summed E-state index contributed by atoms with van der Waals surface area (Å²) in [5, 5.41) is 12.5. The van der Waals surface area contributed by atoms with Crippen molar-refractivity contribution in [2.24, 2.45) is 0 Å². The maximum atomic E-state index is 4.71. The van der Waals surface area contributed by atoms with Gasteiger partial charge in [0.05, 0.1) is 5.69 Å². The molecule has 5 rings (SSSR count). The minimum absolute atomic E-state index is 0.394. The largest absolute Gasteiger partial charge is 0.365 e. The smallest absolute Gasteiger partial charge is 0.151 e. The molecular formula is C19H24N6. The molecule has 0 bridgehead atoms. The molecule has 0 spiro atoms. The highest BCUT2D eigenvalue weighted by molar-refractivity contribution is 5.44. The van der Waals surface area contributed by atoms with Gasteiger partial charge in [-0.25, -0.2) is 9.97 Å². The summed E-state index contributed by atoms with van der Waals surface area (Å²) in [7, 11) is 0. The van der Waals surface area contributed by atoms with Crippen molar-refractivity contribution < 1.29 is 0 Å². The molecule has 130 valence electrons. The van der Waals surface area contributed by atoms with Gasteiger partial charge in [0.25, 0.3) is 0 Å². The summed E-state index contributed by atoms with van der Waals surface area (Å²) in [4.78, 5) is 11.5. The van der Waals surface area contributed by atoms with Gasteiger partial charge in [0.1, 0.15) is 11.6 Å². The maximum Gasteiger partial charge on any atom is 0.151 e. The molecule has 0 radical (unpaired) electrons. The van der Waals surface area contributed by atoms with Crippen molar-refractivity contribution in [2.45, 2.75) is 56.9 Å². The van der Waals surface area contributed by atoms with Crippen LogP contribution in [0.3, 0.4) is 0 Å². The second kappa shape index (κ2) is 6.24. The molecule has 0 amide bonds. The Morgan fingerprint density at radius 2 is 2.04 bits per heavy atom. The van der Waals surface area contributed by atoms with Crippen molar-refractivity contribution in [3.63, 3.8) is 0 Å². The first-order valence-corrected chi connectivity index (χ1v) is 9.55. The Labute approximate surface area is 148 Å². The summed E-state index contributed by atoms with van der Waals surface area (Å²) >= 11 is 0. The average Bonchev–Trinajstić information content (AvgIpc) is 3.39. The Bertz CT molecular complexity index is 772. The summed E-state index contributed by atoms with van der Waals surface area (Å²) in [6.45, 7) is 2.01. The van der Waals surface area contributed by atoms with Gasteiger partial charge in [-0.1, -0.05) is 0 Å². The molecule has 2 fully saturated rings. The van der Waals surface area contributed by atoms with E-state index in [-0.39, 0.29) is 0 Å². The lowest BCUT2D eigenvalue weighted by Gasteiger charge is -2.34. The minimum atomic E-state index is 0.394. The van der Waals surface area contributed by atoms with Crippen molar-refractivity contribution in [2.75, 3.05) is 23.3 Å². The maximum absolute atomic E-state index is 4.71. The molecule has 1 unspecified atom stereocenters. The van der Waals surface area contributed by atoms with Gasteiger partial charge in [0.2, 0.25) is 0 Å². The number of aromatic nitrogens is 4. The molecule has 2 aromatic heterocycles. The van der Waals surface area contributed by atoms with Crippen molar-refractivity contribution in [1.29, 1.82) is 0 Å². The van der Waals surface area contributed by atoms with Crippen LogP contribution in [-0.2, 0) is 12.8 Å². The van der Waals surface area contributed by atoms with Crippen LogP contribution in [0.25, 0.3) is 0 Å². The van der Waals surface area contributed by atoms with E-state index < -0.39 is 0 Å². The van der Waals surface area contributed by atoms with Gasteiger partial charge in [-0.2, -0.15) is 5.10 Å². The molecule has 1 saturated heterocycles. The average molecular weight is 336 g/mol. The Kier molecular flexibility index (Phi) is 3.76. The summed E-state index contributed by atoms with van der Waals surface area (Å²) in [5.74, 6) is 3.59. The number of nitrogens with one attached hydrogen (secondary N) is 1. The van der Waals surface area contributed by atoms with E-state index in [2.05, 4.69) is 31.5 Å². The number of anilines is 2. The number of hydrogen-bond donors (Lipinski definition) is 1. The monoisotopic (exact) mass is 336 g/mol. The van der Waals surface area contributed by atoms with Gasteiger partial charge in [-0.05, 0) is 62.6 Å². The van der Waals surface area contributed by atoms with Crippen LogP contribution >= 0.6 is 0 Å². The first kappa shape index (κ1) is 15.0. The fourth-order valence-corrected chi connectivity index (χ4v) is 3.98. The number of piperidine rings is 1. The van der Waals surface area contributed by atoms with Crippen LogP contribution in [0, 0.1) is 0 Å². The molecule has 1 N–H and O–H groups in total. The normalized spacial score (nSPS) is 22.7. The lowest BCUT2D eigenvalue weighted by atomic mass is 10.1. The zero-order chi connectivity index (χ0) is 16.6. The Morgan fingerprint density at radius 3 is 2.96 bits per heavy atom. The SMILES string of the molecule is c1cc(NC2CCCN(c3cc4c(nn3)CCC4)C2)nc(C2CC2)n1. The fraction of sp³-hybridized carbons (Fsp3) is 0.579. The molecule has 6 heteroatoms. The lowest BCUT2D eigenvalue weighted by molar-refractivity contribution is 0.523. The lowest BCUT2D eigenvalue weighted by Crippen LogP contribution is -2.42. The molecule has 1 saturated carbocycles. The number of aryl methyl sites for hydroxylation is 2. The molecule has 6 nitrogen and oxygen atoms in total. The summed E-state index contributed by atoms with van der Waals surface area (Å²) < 4.78 is 0. The second-order valence-corrected chi connectivity index (χ2v) is 7.53. The molecule has 3 heterocycles. The number of rotatable bonds is 4. The Hall–Kier alpha value is -2.24. The highest BCUT2D eigenvalue weighted by Crippen LogP contribution is 2.38. The van der Waals surface area contributed by atoms with Crippen molar-refractivity contribution in [1.82, 2.24) is 20.2 Å². The van der Waals surface area contributed by atoms with E-state index in [4.69, 9.17) is 4.98 Å². The topological polar surface area (TPSA) is 66.8 Å². The van der Waals surface area contributed by atoms with Crippen LogP contribution in [0.15, 0.2) is 18.3 Å². The second-order valence-electron chi connectivity index (χ2n) is 7.53. The first-order chi connectivity index (χ1) is 12.3. The molecule has 25 heavy (non-hydrogen) atoms. The highest BCUT2D eigenvalue weighted by atomic mass is 15.3. The summed E-state index contributed by atoms with van der Waals surface area (Å²) in [6, 6.07) is 4.64. The first-order valence-electron chi connectivity index (χ1n) is 9.55. The van der Waals surface area contributed by atoms with Crippen molar-refractivity contribution >= 4 is 11.6 Å². The van der Waals surface area contributed by atoms with E-state index in [1.807, 2.05) is 12.3 Å². The molecule has 1 atom stereocenters. The molecular weight excluding hydrogens is 312 g/mol. The Morgan fingerprint density at radius 1 is 1.08 bits per heavy atom. The highest BCUT2D eigenvalue weighted by Gasteiger charge is 2.27. The molecule has 2 aromatic rings. The van der Waals surface area contributed by atoms with Gasteiger partial charge in [-0.3, -0.25) is 0 Å². The van der Waals surface area contributed by atoms with Gasteiger partial charge >= 0.3 is 0 Å². The minimum Gasteiger partial charge on any atom is -0.365 e. The fourth-order valence-electron chi connectivity index (χ4n) is 3.98. The van der Waals surface area contributed by atoms with E-state index >= 15 is 0 Å². The van der Waals surface area contributed by atoms with E-state index in [1.165, 1.54) is 30.5 Å². The number of nitrogens with zero attached hydrogens (tertiary/aromatic N) is 5. The van der Waals surface area contributed by atoms with E-state index in [0.717, 1.165) is 56.2 Å². The third kappa shape index (κ3) is 3.17. The van der Waals surface area contributed by atoms with Crippen LogP contribution < -0.4 is 10.2 Å². The number of hydrogen-bond acceptors (Lipinski definition) is 6. The standard InChI is InChI=1S/C19H24N6/c1-3-14-11-18(24-23-16(14)5-1)25-10-2-4-15(12-25)21-17-8-9-20-19(22-17)13-6-7-13/h8-9,11,13,15H,1-7,10,12H2,(H,20,21,22). The quantitative estimate of drug-likeness (QED) is 0.926. The van der Waals surface area contributed by atoms with Crippen molar-refractivity contribution in [3.05, 3.63) is 35.4 Å². The van der Waals surface area contributed by atoms with Crippen LogP contribution in [0.1, 0.15) is 55.1 Å². The summed E-state index contributed by atoms with van der Waals surface area (Å²) in [5.41, 5.74) is 2.59. The van der Waals surface area contributed by atoms with Gasteiger partial charge in [0.15, 0.2) is 5.82 Å². The molecule has 1 aliphatic heterocycles. The zero-order valence-electron chi connectivity index (χ0n) is 14.5. The molecule has 3 aliphatic rings. The predicted octanol–water partition coefficient (Wildman–Crippen LogP) is 2.71. The van der Waals surface area contributed by atoms with Gasteiger partial charge in [0, 0.05) is 31.2 Å². The van der Waals surface area contributed by atoms with Crippen LogP contribution in [-0.4, -0.2) is 39.3 Å². The third-order valence-electron chi connectivity index (χ3n) is 5.52. The summed E-state index contributed by atoms with van der Waals surface area (Å²) in [6.07, 6.45) is 10.1. The van der Waals surface area contributed by atoms with E-state index in [9.17, 15) is 0 Å². The number of fused-ring (bicyclic) bond motifs is 1. The molecule has 2 aliphatic carbocycles. The van der Waals surface area contributed by atoms with Crippen LogP contribution in [0.4, 0.5) is 11.6 Å². The Balaban J connectivity index is 1.28. The van der Waals surface area contributed by atoms with Crippen molar-refractivity contribution in [3.8, 4) is 0 Å². The predicted molar refractivity (Wildman–Crippen MR) is 96.9 cm³/mol. The van der Waals surface area contributed by atoms with E-state index in [1.54, 1.807) is 0 Å². The van der Waals surface area contributed by atoms with Gasteiger partial charge in [-0.15, -0.1) is 5.10 Å². The van der Waals surface area contributed by atoms with Crippen LogP contribution in [0.2, 0.25) is 0 Å². The van der Waals surface area contributed by atoms with Gasteiger partial charge < -0.3 is 10.2 Å². The molecule has 0 aromatic carbocycles.